The first-order valence-electron chi connectivity index (χ1n) is 5.61. The maximum absolute atomic E-state index is 12.2. The summed E-state index contributed by atoms with van der Waals surface area (Å²) in [5.41, 5.74) is 1.07. The Balaban J connectivity index is 1.74. The molecule has 96 valence electrons. The Bertz CT molecular complexity index is 329. The van der Waals surface area contributed by atoms with E-state index < -0.39 is 12.7 Å². The van der Waals surface area contributed by atoms with Crippen LogP contribution in [0.15, 0.2) is 16.8 Å². The number of alkyl halides is 3. The molecular formula is C11H15F3N2S. The molecule has 0 amide bonds. The molecule has 0 bridgehead atoms. The molecule has 2 nitrogen and oxygen atoms in total. The molecule has 0 atom stereocenters. The molecule has 17 heavy (non-hydrogen) atoms. The summed E-state index contributed by atoms with van der Waals surface area (Å²) < 4.78 is 36.6. The first kappa shape index (κ1) is 12.7. The molecule has 2 rings (SSSR count). The minimum atomic E-state index is -4.08. The van der Waals surface area contributed by atoms with Crippen molar-refractivity contribution in [1.29, 1.82) is 0 Å². The molecule has 1 aromatic heterocycles. The van der Waals surface area contributed by atoms with E-state index in [1.165, 1.54) is 4.90 Å². The second kappa shape index (κ2) is 5.27. The third-order valence-corrected chi connectivity index (χ3v) is 3.57. The van der Waals surface area contributed by atoms with Gasteiger partial charge in [-0.05, 0) is 24.3 Å². The second-order valence-corrected chi connectivity index (χ2v) is 5.10. The van der Waals surface area contributed by atoms with Crippen molar-refractivity contribution < 1.29 is 13.2 Å². The lowest BCUT2D eigenvalue weighted by Gasteiger charge is -2.32. The Morgan fingerprint density at radius 1 is 1.35 bits per heavy atom. The van der Waals surface area contributed by atoms with Gasteiger partial charge in [0.2, 0.25) is 0 Å². The Kier molecular flexibility index (Phi) is 3.93. The average molecular weight is 264 g/mol. The monoisotopic (exact) mass is 264 g/mol. The Morgan fingerprint density at radius 3 is 2.59 bits per heavy atom. The van der Waals surface area contributed by atoms with Gasteiger partial charge in [0.15, 0.2) is 0 Å². The predicted octanol–water partition coefficient (Wildman–Crippen LogP) is 3.19. The van der Waals surface area contributed by atoms with Crippen molar-refractivity contribution in [3.63, 3.8) is 0 Å². The largest absolute Gasteiger partial charge is 0.401 e. The number of nitrogens with one attached hydrogen (secondary N) is 1. The van der Waals surface area contributed by atoms with Crippen LogP contribution in [-0.4, -0.2) is 36.8 Å². The molecule has 6 heteroatoms. The zero-order chi connectivity index (χ0) is 12.3. The van der Waals surface area contributed by atoms with Crippen molar-refractivity contribution in [1.82, 2.24) is 4.90 Å². The molecule has 0 unspecified atom stereocenters. The Labute approximate surface area is 102 Å². The number of halogens is 3. The van der Waals surface area contributed by atoms with Gasteiger partial charge in [-0.25, -0.2) is 0 Å². The smallest absolute Gasteiger partial charge is 0.382 e. The highest BCUT2D eigenvalue weighted by atomic mass is 32.1. The van der Waals surface area contributed by atoms with Crippen LogP contribution in [0, 0.1) is 0 Å². The zero-order valence-corrected chi connectivity index (χ0v) is 10.2. The maximum Gasteiger partial charge on any atom is 0.401 e. The standard InChI is InChI=1S/C11H15F3N2S/c12-11(13,14)8-16-4-1-9(2-5-16)15-10-3-6-17-7-10/h3,6-7,9,15H,1-2,4-5,8H2. The van der Waals surface area contributed by atoms with Crippen molar-refractivity contribution >= 4 is 17.0 Å². The number of hydrogen-bond donors (Lipinski definition) is 1. The molecule has 1 N–H and O–H groups in total. The van der Waals surface area contributed by atoms with E-state index in [0.717, 1.165) is 18.5 Å². The van der Waals surface area contributed by atoms with Gasteiger partial charge in [0.05, 0.1) is 6.54 Å². The molecule has 0 aliphatic carbocycles. The van der Waals surface area contributed by atoms with E-state index in [1.54, 1.807) is 11.3 Å². The second-order valence-electron chi connectivity index (χ2n) is 4.32. The number of likely N-dealkylation sites (tertiary alicyclic amines) is 1. The van der Waals surface area contributed by atoms with Crippen LogP contribution in [0.4, 0.5) is 18.9 Å². The van der Waals surface area contributed by atoms with E-state index in [1.807, 2.05) is 16.8 Å². The van der Waals surface area contributed by atoms with E-state index in [-0.39, 0.29) is 0 Å². The van der Waals surface area contributed by atoms with Crippen LogP contribution in [0.3, 0.4) is 0 Å². The summed E-state index contributed by atoms with van der Waals surface area (Å²) in [6.07, 6.45) is -2.54. The summed E-state index contributed by atoms with van der Waals surface area (Å²) in [5.74, 6) is 0. The minimum absolute atomic E-state index is 0.300. The van der Waals surface area contributed by atoms with E-state index in [4.69, 9.17) is 0 Å². The molecular weight excluding hydrogens is 249 g/mol. The van der Waals surface area contributed by atoms with Gasteiger partial charge in [-0.15, -0.1) is 0 Å². The predicted molar refractivity (Wildman–Crippen MR) is 63.5 cm³/mol. The van der Waals surface area contributed by atoms with Gasteiger partial charge < -0.3 is 5.32 Å². The summed E-state index contributed by atoms with van der Waals surface area (Å²) >= 11 is 1.61. The van der Waals surface area contributed by atoms with Gasteiger partial charge in [0.1, 0.15) is 0 Å². The number of anilines is 1. The minimum Gasteiger partial charge on any atom is -0.382 e. The summed E-state index contributed by atoms with van der Waals surface area (Å²) in [5, 5.41) is 7.35. The molecule has 1 aromatic rings. The van der Waals surface area contributed by atoms with Crippen molar-refractivity contribution in [2.24, 2.45) is 0 Å². The van der Waals surface area contributed by atoms with Crippen LogP contribution in [-0.2, 0) is 0 Å². The number of rotatable bonds is 3. The highest BCUT2D eigenvalue weighted by Crippen LogP contribution is 2.22. The van der Waals surface area contributed by atoms with E-state index >= 15 is 0 Å². The normalized spacial score (nSPS) is 19.5. The van der Waals surface area contributed by atoms with Crippen LogP contribution in [0.25, 0.3) is 0 Å². The molecule has 1 saturated heterocycles. The van der Waals surface area contributed by atoms with Crippen LogP contribution < -0.4 is 5.32 Å². The molecule has 0 radical (unpaired) electrons. The third kappa shape index (κ3) is 4.20. The van der Waals surface area contributed by atoms with Crippen molar-refractivity contribution in [3.8, 4) is 0 Å². The topological polar surface area (TPSA) is 15.3 Å². The quantitative estimate of drug-likeness (QED) is 0.902. The van der Waals surface area contributed by atoms with Crippen LogP contribution in [0.5, 0.6) is 0 Å². The number of hydrogen-bond acceptors (Lipinski definition) is 3. The van der Waals surface area contributed by atoms with Crippen LogP contribution in [0.1, 0.15) is 12.8 Å². The summed E-state index contributed by atoms with van der Waals surface area (Å²) in [6, 6.07) is 2.29. The Hall–Kier alpha value is -0.750. The van der Waals surface area contributed by atoms with Gasteiger partial charge in [0, 0.05) is 30.2 Å². The van der Waals surface area contributed by atoms with Gasteiger partial charge in [-0.1, -0.05) is 0 Å². The van der Waals surface area contributed by atoms with Crippen molar-refractivity contribution in [3.05, 3.63) is 16.8 Å². The first-order chi connectivity index (χ1) is 8.03. The van der Waals surface area contributed by atoms with E-state index in [0.29, 0.717) is 19.1 Å². The summed E-state index contributed by atoms with van der Waals surface area (Å²) in [6.45, 7) is 0.251. The van der Waals surface area contributed by atoms with Crippen molar-refractivity contribution in [2.45, 2.75) is 25.1 Å². The zero-order valence-electron chi connectivity index (χ0n) is 9.33. The fourth-order valence-corrected chi connectivity index (χ4v) is 2.67. The lowest BCUT2D eigenvalue weighted by atomic mass is 10.0. The van der Waals surface area contributed by atoms with Crippen LogP contribution >= 0.6 is 11.3 Å². The molecule has 0 saturated carbocycles. The highest BCUT2D eigenvalue weighted by molar-refractivity contribution is 7.08. The molecule has 1 aliphatic heterocycles. The number of thiophene rings is 1. The lowest BCUT2D eigenvalue weighted by Crippen LogP contribution is -2.43. The molecule has 0 spiro atoms. The molecule has 1 fully saturated rings. The number of piperidine rings is 1. The van der Waals surface area contributed by atoms with Gasteiger partial charge in [-0.2, -0.15) is 24.5 Å². The molecule has 0 aromatic carbocycles. The fourth-order valence-electron chi connectivity index (χ4n) is 2.07. The fraction of sp³-hybridized carbons (Fsp3) is 0.636. The van der Waals surface area contributed by atoms with E-state index in [2.05, 4.69) is 5.32 Å². The molecule has 1 aliphatic rings. The molecule has 2 heterocycles. The summed E-state index contributed by atoms with van der Waals surface area (Å²) in [4.78, 5) is 1.48. The van der Waals surface area contributed by atoms with E-state index in [9.17, 15) is 13.2 Å². The SMILES string of the molecule is FC(F)(F)CN1CCC(Nc2ccsc2)CC1. The third-order valence-electron chi connectivity index (χ3n) is 2.88. The summed E-state index contributed by atoms with van der Waals surface area (Å²) in [7, 11) is 0. The Morgan fingerprint density at radius 2 is 2.06 bits per heavy atom. The highest BCUT2D eigenvalue weighted by Gasteiger charge is 2.32. The lowest BCUT2D eigenvalue weighted by molar-refractivity contribution is -0.147. The van der Waals surface area contributed by atoms with Gasteiger partial charge in [0.25, 0.3) is 0 Å². The number of nitrogens with zero attached hydrogens (tertiary/aromatic N) is 1. The van der Waals surface area contributed by atoms with Crippen molar-refractivity contribution in [2.75, 3.05) is 25.0 Å². The van der Waals surface area contributed by atoms with Gasteiger partial charge in [-0.3, -0.25) is 4.90 Å². The maximum atomic E-state index is 12.2. The first-order valence-corrected chi connectivity index (χ1v) is 6.55. The average Bonchev–Trinajstić information content (AvgIpc) is 2.71. The van der Waals surface area contributed by atoms with Crippen LogP contribution in [0.2, 0.25) is 0 Å². The van der Waals surface area contributed by atoms with Gasteiger partial charge >= 0.3 is 6.18 Å².